The van der Waals surface area contributed by atoms with E-state index < -0.39 is 72.1 Å². The van der Waals surface area contributed by atoms with Crippen LogP contribution in [0.4, 0.5) is 0 Å². The first kappa shape index (κ1) is 36.7. The first-order chi connectivity index (χ1) is 21.4. The van der Waals surface area contributed by atoms with Gasteiger partial charge < -0.3 is 48.6 Å². The number of benzene rings is 1. The smallest absolute Gasteiger partial charge is 0.326 e. The molecule has 0 radical (unpaired) electrons. The molecule has 0 unspecified atom stereocenters. The minimum atomic E-state index is -1.63. The Morgan fingerprint density at radius 1 is 0.844 bits per heavy atom. The lowest BCUT2D eigenvalue weighted by atomic mass is 10.0. The van der Waals surface area contributed by atoms with E-state index in [4.69, 9.17) is 17.2 Å². The number of nitrogens with zero attached hydrogens (tertiary/aromatic N) is 1. The van der Waals surface area contributed by atoms with E-state index in [-0.39, 0.29) is 18.6 Å². The van der Waals surface area contributed by atoms with E-state index in [1.54, 1.807) is 30.3 Å². The third-order valence-corrected chi connectivity index (χ3v) is 7.02. The number of carbonyl (C=O) groups is 6. The van der Waals surface area contributed by atoms with E-state index in [1.165, 1.54) is 12.5 Å². The largest absolute Gasteiger partial charge is 0.480 e. The number of hydrogen-bond donors (Lipinski definition) is 10. The molecule has 17 heteroatoms. The molecule has 16 nitrogen and oxygen atoms in total. The molecular weight excluding hydrogens is 606 g/mol. The predicted octanol–water partition coefficient (Wildman–Crippen LogP) is -2.52. The van der Waals surface area contributed by atoms with Gasteiger partial charge in [-0.25, -0.2) is 9.78 Å². The van der Waals surface area contributed by atoms with Crippen molar-refractivity contribution in [2.24, 2.45) is 17.2 Å². The first-order valence-electron chi connectivity index (χ1n) is 14.3. The monoisotopic (exact) mass is 647 g/mol. The zero-order chi connectivity index (χ0) is 33.4. The Labute approximate surface area is 265 Å². The van der Waals surface area contributed by atoms with Crippen LogP contribution >= 0.6 is 12.6 Å². The molecule has 1 aromatic carbocycles. The summed E-state index contributed by atoms with van der Waals surface area (Å²) in [5.41, 5.74) is 17.8. The second kappa shape index (κ2) is 19.0. The molecule has 0 saturated carbocycles. The average Bonchev–Trinajstić information content (AvgIpc) is 3.52. The van der Waals surface area contributed by atoms with E-state index in [0.29, 0.717) is 31.5 Å². The number of aromatic nitrogens is 2. The summed E-state index contributed by atoms with van der Waals surface area (Å²) < 4.78 is 0. The Balaban J connectivity index is 2.25. The number of nitrogens with two attached hydrogens (primary N) is 3. The Kier molecular flexibility index (Phi) is 15.5. The van der Waals surface area contributed by atoms with Crippen LogP contribution in [0.2, 0.25) is 0 Å². The highest BCUT2D eigenvalue weighted by Crippen LogP contribution is 2.08. The summed E-state index contributed by atoms with van der Waals surface area (Å²) in [6.45, 7) is 0.454. The molecule has 0 aliphatic carbocycles. The summed E-state index contributed by atoms with van der Waals surface area (Å²) in [7, 11) is 0. The maximum atomic E-state index is 13.6. The van der Waals surface area contributed by atoms with Crippen LogP contribution in [0.3, 0.4) is 0 Å². The minimum absolute atomic E-state index is 0.0861. The maximum absolute atomic E-state index is 13.6. The van der Waals surface area contributed by atoms with Crippen LogP contribution < -0.4 is 38.5 Å². The van der Waals surface area contributed by atoms with E-state index >= 15 is 0 Å². The summed E-state index contributed by atoms with van der Waals surface area (Å²) >= 11 is 4.09. The fourth-order valence-corrected chi connectivity index (χ4v) is 4.47. The number of rotatable bonds is 20. The maximum Gasteiger partial charge on any atom is 0.326 e. The summed E-state index contributed by atoms with van der Waals surface area (Å²) in [4.78, 5) is 82.3. The van der Waals surface area contributed by atoms with Gasteiger partial charge in [0, 0.05) is 24.8 Å². The van der Waals surface area contributed by atoms with Crippen molar-refractivity contribution in [3.8, 4) is 0 Å². The molecule has 45 heavy (non-hydrogen) atoms. The number of nitrogens with one attached hydrogen (secondary N) is 5. The minimum Gasteiger partial charge on any atom is -0.480 e. The molecule has 1 aromatic heterocycles. The number of carbonyl (C=O) groups excluding carboxylic acids is 5. The fourth-order valence-electron chi connectivity index (χ4n) is 4.21. The number of H-pyrrole nitrogens is 1. The third-order valence-electron chi connectivity index (χ3n) is 6.66. The molecule has 0 bridgehead atoms. The van der Waals surface area contributed by atoms with Crippen LogP contribution in [0, 0.1) is 0 Å². The van der Waals surface area contributed by atoms with Gasteiger partial charge in [-0.05, 0) is 24.9 Å². The zero-order valence-electron chi connectivity index (χ0n) is 24.6. The molecule has 0 aliphatic heterocycles. The molecule has 1 heterocycles. The number of amides is 5. The van der Waals surface area contributed by atoms with Gasteiger partial charge in [0.1, 0.15) is 24.2 Å². The molecule has 0 saturated heterocycles. The van der Waals surface area contributed by atoms with Crippen LogP contribution in [-0.2, 0) is 41.6 Å². The van der Waals surface area contributed by atoms with Crippen molar-refractivity contribution in [2.45, 2.75) is 68.7 Å². The lowest BCUT2D eigenvalue weighted by molar-refractivity contribution is -0.143. The third kappa shape index (κ3) is 13.0. The van der Waals surface area contributed by atoms with E-state index in [0.717, 1.165) is 5.56 Å². The quantitative estimate of drug-likeness (QED) is 0.0532. The van der Waals surface area contributed by atoms with Gasteiger partial charge in [-0.3, -0.25) is 24.0 Å². The van der Waals surface area contributed by atoms with E-state index in [1.807, 2.05) is 0 Å². The van der Waals surface area contributed by atoms with E-state index in [2.05, 4.69) is 43.9 Å². The number of unbranched alkanes of at least 4 members (excludes halogenated alkanes) is 1. The number of imidazole rings is 1. The molecule has 2 rings (SSSR count). The van der Waals surface area contributed by atoms with Gasteiger partial charge in [0.2, 0.25) is 29.5 Å². The highest BCUT2D eigenvalue weighted by atomic mass is 32.1. The predicted molar refractivity (Wildman–Crippen MR) is 166 cm³/mol. The lowest BCUT2D eigenvalue weighted by Gasteiger charge is -2.26. The second-order valence-electron chi connectivity index (χ2n) is 10.3. The van der Waals surface area contributed by atoms with Gasteiger partial charge in [0.15, 0.2) is 0 Å². The molecular formula is C28H41N9O7S. The van der Waals surface area contributed by atoms with Gasteiger partial charge in [-0.2, -0.15) is 12.6 Å². The van der Waals surface area contributed by atoms with Gasteiger partial charge >= 0.3 is 5.97 Å². The van der Waals surface area contributed by atoms with Gasteiger partial charge in [0.25, 0.3) is 0 Å². The van der Waals surface area contributed by atoms with Crippen molar-refractivity contribution in [3.05, 3.63) is 54.1 Å². The van der Waals surface area contributed by atoms with Gasteiger partial charge in [-0.1, -0.05) is 36.8 Å². The molecule has 5 amide bonds. The first-order valence-corrected chi connectivity index (χ1v) is 14.9. The van der Waals surface area contributed by atoms with Crippen LogP contribution in [-0.4, -0.2) is 93.1 Å². The number of carboxylic acid groups (broad SMARTS) is 1. The number of aromatic amines is 1. The molecule has 2 aromatic rings. The number of thiol groups is 1. The Bertz CT molecular complexity index is 1280. The molecule has 246 valence electrons. The number of hydrogen-bond acceptors (Lipinski definition) is 10. The summed E-state index contributed by atoms with van der Waals surface area (Å²) in [6.07, 6.45) is 3.88. The molecule has 5 atom stereocenters. The van der Waals surface area contributed by atoms with Gasteiger partial charge in [-0.15, -0.1) is 0 Å². The Hall–Kier alpha value is -4.48. The van der Waals surface area contributed by atoms with Crippen molar-refractivity contribution in [1.82, 2.24) is 31.2 Å². The summed E-state index contributed by atoms with van der Waals surface area (Å²) in [5, 5.41) is 19.2. The molecule has 12 N–H and O–H groups in total. The van der Waals surface area contributed by atoms with E-state index in [9.17, 15) is 33.9 Å². The zero-order valence-corrected chi connectivity index (χ0v) is 25.5. The van der Waals surface area contributed by atoms with Gasteiger partial charge in [0.05, 0.1) is 24.5 Å². The highest BCUT2D eigenvalue weighted by Gasteiger charge is 2.32. The topological polar surface area (TPSA) is 278 Å². The Morgan fingerprint density at radius 2 is 1.42 bits per heavy atom. The van der Waals surface area contributed by atoms with Crippen LogP contribution in [0.15, 0.2) is 42.9 Å². The lowest BCUT2D eigenvalue weighted by Crippen LogP contribution is -2.59. The average molecular weight is 648 g/mol. The summed E-state index contributed by atoms with van der Waals surface area (Å²) in [5.74, 6) is -5.70. The van der Waals surface area contributed by atoms with Crippen molar-refractivity contribution >= 4 is 48.1 Å². The molecule has 0 aliphatic rings. The standard InChI is InChI=1S/C28H41N9O7S/c29-9-5-4-8-18(30)24(39)34-19(10-16-6-2-1-3-7-16)25(40)35-20(11-17-13-32-15-33-17)26(41)37-22(14-45)27(42)36-21(28(43)44)12-23(31)38/h1-3,6-7,13,15,18-22,45H,4-5,8-12,14,29-30H2,(H2,31,38)(H,32,33)(H,34,39)(H,35,40)(H,36,42)(H,37,41)(H,43,44)/t18-,19-,20-,21-,22-/m0/s1. The van der Waals surface area contributed by atoms with Crippen molar-refractivity contribution in [3.63, 3.8) is 0 Å². The van der Waals surface area contributed by atoms with Crippen LogP contribution in [0.1, 0.15) is 36.9 Å². The fraction of sp³-hybridized carbons (Fsp3) is 0.464. The normalized spacial score (nSPS) is 14.2. The number of aliphatic carboxylic acids is 1. The number of carboxylic acids is 1. The Morgan fingerprint density at radius 3 is 1.98 bits per heavy atom. The highest BCUT2D eigenvalue weighted by molar-refractivity contribution is 7.80. The molecule has 0 fully saturated rings. The van der Waals surface area contributed by atoms with Crippen LogP contribution in [0.25, 0.3) is 0 Å². The van der Waals surface area contributed by atoms with Crippen molar-refractivity contribution in [2.75, 3.05) is 12.3 Å². The number of primary amides is 1. The molecule has 0 spiro atoms. The second-order valence-corrected chi connectivity index (χ2v) is 10.6. The van der Waals surface area contributed by atoms with Crippen LogP contribution in [0.5, 0.6) is 0 Å². The van der Waals surface area contributed by atoms with Crippen molar-refractivity contribution < 1.29 is 33.9 Å². The SMILES string of the molecule is NCCCC[C@H](N)C(=O)N[C@@H](Cc1ccccc1)C(=O)N[C@@H](Cc1c[nH]cn1)C(=O)N[C@@H](CS)C(=O)N[C@@H](CC(N)=O)C(=O)O. The van der Waals surface area contributed by atoms with Crippen molar-refractivity contribution in [1.29, 1.82) is 0 Å². The summed E-state index contributed by atoms with van der Waals surface area (Å²) in [6, 6.07) is 2.64.